The number of benzene rings is 1. The lowest BCUT2D eigenvalue weighted by molar-refractivity contribution is 0.0437. The van der Waals surface area contributed by atoms with Crippen LogP contribution in [-0.4, -0.2) is 16.2 Å². The number of carbonyl (C=O) groups is 1. The van der Waals surface area contributed by atoms with Gasteiger partial charge in [0.05, 0.1) is 5.56 Å². The molecule has 5 nitrogen and oxygen atoms in total. The summed E-state index contributed by atoms with van der Waals surface area (Å²) in [5, 5.41) is 12.9. The quantitative estimate of drug-likeness (QED) is 0.869. The minimum Gasteiger partial charge on any atom is -0.434 e. The van der Waals surface area contributed by atoms with Crippen LogP contribution in [0, 0.1) is 0 Å². The zero-order chi connectivity index (χ0) is 13.2. The van der Waals surface area contributed by atoms with Crippen LogP contribution in [0.2, 0.25) is 0 Å². The van der Waals surface area contributed by atoms with Gasteiger partial charge < -0.3 is 10.1 Å². The second-order valence-corrected chi connectivity index (χ2v) is 5.33. The molecule has 0 radical (unpaired) electrons. The maximum Gasteiger partial charge on any atom is 0.340 e. The molecule has 0 saturated carbocycles. The van der Waals surface area contributed by atoms with E-state index in [1.807, 2.05) is 18.2 Å². The van der Waals surface area contributed by atoms with Crippen LogP contribution in [0.1, 0.15) is 40.5 Å². The van der Waals surface area contributed by atoms with Crippen LogP contribution in [0.25, 0.3) is 0 Å². The van der Waals surface area contributed by atoms with Gasteiger partial charge in [0.2, 0.25) is 11.4 Å². The highest BCUT2D eigenvalue weighted by Gasteiger charge is 2.31. The van der Waals surface area contributed by atoms with Crippen LogP contribution in [0.15, 0.2) is 24.3 Å². The highest BCUT2D eigenvalue weighted by molar-refractivity contribution is 7.15. The van der Waals surface area contributed by atoms with Gasteiger partial charge in [-0.2, -0.15) is 0 Å². The van der Waals surface area contributed by atoms with Crippen LogP contribution in [-0.2, 0) is 11.2 Å². The van der Waals surface area contributed by atoms with Crippen LogP contribution >= 0.6 is 11.3 Å². The largest absolute Gasteiger partial charge is 0.434 e. The zero-order valence-electron chi connectivity index (χ0n) is 10.4. The van der Waals surface area contributed by atoms with Gasteiger partial charge in [0.15, 0.2) is 0 Å². The normalized spacial score (nSPS) is 17.1. The number of hydrogen-bond donors (Lipinski definition) is 1. The standard InChI is InChI=1S/C13H13N3O2S/c1-2-5-10-15-16-13(19-10)14-11-8-6-3-4-7-9(8)12(17)18-11/h3-4,6-7,11H,2,5H2,1H3,(H,14,16). The van der Waals surface area contributed by atoms with Gasteiger partial charge in [0.25, 0.3) is 0 Å². The van der Waals surface area contributed by atoms with Gasteiger partial charge in [-0.3, -0.25) is 0 Å². The van der Waals surface area contributed by atoms with Gasteiger partial charge in [0, 0.05) is 12.0 Å². The fourth-order valence-corrected chi connectivity index (χ4v) is 2.85. The third kappa shape index (κ3) is 2.31. The van der Waals surface area contributed by atoms with Gasteiger partial charge >= 0.3 is 5.97 Å². The zero-order valence-corrected chi connectivity index (χ0v) is 11.2. The molecule has 0 saturated heterocycles. The molecule has 98 valence electrons. The van der Waals surface area contributed by atoms with Crippen molar-refractivity contribution >= 4 is 22.4 Å². The summed E-state index contributed by atoms with van der Waals surface area (Å²) in [7, 11) is 0. The summed E-state index contributed by atoms with van der Waals surface area (Å²) < 4.78 is 5.29. The number of hydrogen-bond acceptors (Lipinski definition) is 6. The van der Waals surface area contributed by atoms with E-state index in [2.05, 4.69) is 22.4 Å². The maximum atomic E-state index is 11.7. The maximum absolute atomic E-state index is 11.7. The highest BCUT2D eigenvalue weighted by atomic mass is 32.1. The third-order valence-electron chi connectivity index (χ3n) is 2.87. The SMILES string of the molecule is CCCc1nnc(NC2OC(=O)c3ccccc32)s1. The first-order valence-corrected chi connectivity index (χ1v) is 6.98. The Morgan fingerprint density at radius 2 is 2.21 bits per heavy atom. The Morgan fingerprint density at radius 3 is 3.05 bits per heavy atom. The molecule has 2 aromatic rings. The topological polar surface area (TPSA) is 64.1 Å². The Hall–Kier alpha value is -1.95. The number of fused-ring (bicyclic) bond motifs is 1. The van der Waals surface area contributed by atoms with Gasteiger partial charge in [-0.1, -0.05) is 36.5 Å². The summed E-state index contributed by atoms with van der Waals surface area (Å²) in [4.78, 5) is 11.7. The van der Waals surface area contributed by atoms with E-state index in [1.165, 1.54) is 11.3 Å². The van der Waals surface area contributed by atoms with E-state index in [0.717, 1.165) is 23.4 Å². The smallest absolute Gasteiger partial charge is 0.340 e. The molecule has 1 aromatic heterocycles. The average molecular weight is 275 g/mol. The fraction of sp³-hybridized carbons (Fsp3) is 0.308. The first kappa shape index (κ1) is 12.1. The molecule has 0 fully saturated rings. The summed E-state index contributed by atoms with van der Waals surface area (Å²) >= 11 is 1.50. The average Bonchev–Trinajstić information content (AvgIpc) is 2.97. The first-order chi connectivity index (χ1) is 9.28. The van der Waals surface area contributed by atoms with E-state index in [-0.39, 0.29) is 5.97 Å². The van der Waals surface area contributed by atoms with Crippen molar-refractivity contribution in [3.05, 3.63) is 40.4 Å². The summed E-state index contributed by atoms with van der Waals surface area (Å²) in [5.74, 6) is -0.300. The number of nitrogens with one attached hydrogen (secondary N) is 1. The van der Waals surface area contributed by atoms with E-state index in [4.69, 9.17) is 4.74 Å². The Bertz CT molecular complexity index is 611. The molecule has 6 heteroatoms. The predicted molar refractivity (Wildman–Crippen MR) is 72.1 cm³/mol. The van der Waals surface area contributed by atoms with Gasteiger partial charge in [-0.05, 0) is 12.5 Å². The molecule has 0 bridgehead atoms. The molecule has 1 aliphatic heterocycles. The van der Waals surface area contributed by atoms with Crippen LogP contribution in [0.3, 0.4) is 0 Å². The second-order valence-electron chi connectivity index (χ2n) is 4.27. The van der Waals surface area contributed by atoms with E-state index < -0.39 is 6.23 Å². The fourth-order valence-electron chi connectivity index (χ4n) is 1.99. The number of ether oxygens (including phenoxy) is 1. The van der Waals surface area contributed by atoms with Crippen molar-refractivity contribution in [3.63, 3.8) is 0 Å². The Balaban J connectivity index is 1.79. The second kappa shape index (κ2) is 4.97. The van der Waals surface area contributed by atoms with Gasteiger partial charge in [-0.25, -0.2) is 4.79 Å². The minimum absolute atomic E-state index is 0.300. The lowest BCUT2D eigenvalue weighted by atomic mass is 10.1. The van der Waals surface area contributed by atoms with E-state index >= 15 is 0 Å². The number of carbonyl (C=O) groups excluding carboxylic acids is 1. The van der Waals surface area contributed by atoms with E-state index in [1.54, 1.807) is 6.07 Å². The summed E-state index contributed by atoms with van der Waals surface area (Å²) in [5.41, 5.74) is 1.46. The van der Waals surface area contributed by atoms with Crippen molar-refractivity contribution in [1.82, 2.24) is 10.2 Å². The molecule has 1 aliphatic rings. The van der Waals surface area contributed by atoms with Crippen molar-refractivity contribution in [3.8, 4) is 0 Å². The molecule has 3 rings (SSSR count). The molecule has 1 aromatic carbocycles. The number of esters is 1. The highest BCUT2D eigenvalue weighted by Crippen LogP contribution is 2.32. The summed E-state index contributed by atoms with van der Waals surface area (Å²) in [6.45, 7) is 2.10. The molecule has 1 atom stereocenters. The number of nitrogens with zero attached hydrogens (tertiary/aromatic N) is 2. The van der Waals surface area contributed by atoms with Crippen molar-refractivity contribution in [2.75, 3.05) is 5.32 Å². The van der Waals surface area contributed by atoms with Crippen LogP contribution in [0.5, 0.6) is 0 Å². The number of anilines is 1. The molecule has 1 unspecified atom stereocenters. The predicted octanol–water partition coefficient (Wildman–Crippen LogP) is 2.77. The van der Waals surface area contributed by atoms with Gasteiger partial charge in [-0.15, -0.1) is 10.2 Å². The van der Waals surface area contributed by atoms with Crippen molar-refractivity contribution in [2.45, 2.75) is 26.0 Å². The Kier molecular flexibility index (Phi) is 3.16. The number of aryl methyl sites for hydroxylation is 1. The van der Waals surface area contributed by atoms with Crippen molar-refractivity contribution in [2.24, 2.45) is 0 Å². The molecular formula is C13H13N3O2S. The minimum atomic E-state index is -0.467. The molecule has 2 heterocycles. The Morgan fingerprint density at radius 1 is 1.37 bits per heavy atom. The third-order valence-corrected chi connectivity index (χ3v) is 3.79. The molecule has 0 aliphatic carbocycles. The molecular weight excluding hydrogens is 262 g/mol. The van der Waals surface area contributed by atoms with Crippen LogP contribution in [0.4, 0.5) is 5.13 Å². The van der Waals surface area contributed by atoms with Crippen molar-refractivity contribution < 1.29 is 9.53 Å². The van der Waals surface area contributed by atoms with E-state index in [0.29, 0.717) is 10.7 Å². The molecule has 0 amide bonds. The summed E-state index contributed by atoms with van der Waals surface area (Å²) in [6.07, 6.45) is 1.49. The molecule has 0 spiro atoms. The number of cyclic esters (lactones) is 1. The van der Waals surface area contributed by atoms with E-state index in [9.17, 15) is 4.79 Å². The number of aromatic nitrogens is 2. The van der Waals surface area contributed by atoms with Gasteiger partial charge in [0.1, 0.15) is 5.01 Å². The van der Waals surface area contributed by atoms with Crippen molar-refractivity contribution in [1.29, 1.82) is 0 Å². The molecule has 1 N–H and O–H groups in total. The summed E-state index contributed by atoms with van der Waals surface area (Å²) in [6, 6.07) is 7.36. The lowest BCUT2D eigenvalue weighted by Crippen LogP contribution is -2.09. The van der Waals surface area contributed by atoms with Crippen LogP contribution < -0.4 is 5.32 Å². The molecule has 19 heavy (non-hydrogen) atoms. The Labute approximate surface area is 114 Å². The lowest BCUT2D eigenvalue weighted by Gasteiger charge is -2.10. The first-order valence-electron chi connectivity index (χ1n) is 6.16. The monoisotopic (exact) mass is 275 g/mol. The number of rotatable bonds is 4.